The molecule has 0 bridgehead atoms. The SMILES string of the molecule is CC(=O)c1ccc(C(F)C2CC2)cc1. The number of halogens is 1. The van der Waals surface area contributed by atoms with Gasteiger partial charge in [-0.25, -0.2) is 4.39 Å². The van der Waals surface area contributed by atoms with E-state index in [0.29, 0.717) is 11.1 Å². The molecule has 14 heavy (non-hydrogen) atoms. The minimum atomic E-state index is -0.837. The smallest absolute Gasteiger partial charge is 0.159 e. The summed E-state index contributed by atoms with van der Waals surface area (Å²) in [6.45, 7) is 1.52. The van der Waals surface area contributed by atoms with Crippen LogP contribution in [0.15, 0.2) is 24.3 Å². The van der Waals surface area contributed by atoms with Gasteiger partial charge in [-0.15, -0.1) is 0 Å². The van der Waals surface area contributed by atoms with Gasteiger partial charge >= 0.3 is 0 Å². The van der Waals surface area contributed by atoms with Crippen molar-refractivity contribution in [3.05, 3.63) is 35.4 Å². The molecule has 2 rings (SSSR count). The summed E-state index contributed by atoms with van der Waals surface area (Å²) in [5.41, 5.74) is 1.36. The fourth-order valence-corrected chi connectivity index (χ4v) is 1.56. The third-order valence-electron chi connectivity index (χ3n) is 2.67. The molecular formula is C12H13FO. The Morgan fingerprint density at radius 3 is 2.36 bits per heavy atom. The largest absolute Gasteiger partial charge is 0.295 e. The lowest BCUT2D eigenvalue weighted by atomic mass is 10.0. The van der Waals surface area contributed by atoms with Crippen LogP contribution in [-0.4, -0.2) is 5.78 Å². The first-order valence-corrected chi connectivity index (χ1v) is 4.93. The van der Waals surface area contributed by atoms with Crippen LogP contribution < -0.4 is 0 Å². The number of alkyl halides is 1. The van der Waals surface area contributed by atoms with Gasteiger partial charge in [-0.05, 0) is 31.2 Å². The molecule has 74 valence electrons. The highest BCUT2D eigenvalue weighted by Gasteiger charge is 2.32. The number of carbonyl (C=O) groups excluding carboxylic acids is 1. The maximum atomic E-state index is 13.6. The van der Waals surface area contributed by atoms with Crippen LogP contribution in [0, 0.1) is 5.92 Å². The van der Waals surface area contributed by atoms with Crippen LogP contribution in [0.2, 0.25) is 0 Å². The third kappa shape index (κ3) is 1.84. The van der Waals surface area contributed by atoms with Gasteiger partial charge in [0.25, 0.3) is 0 Å². The molecule has 1 unspecified atom stereocenters. The lowest BCUT2D eigenvalue weighted by molar-refractivity contribution is 0.101. The van der Waals surface area contributed by atoms with Crippen LogP contribution in [0.3, 0.4) is 0 Å². The second-order valence-electron chi connectivity index (χ2n) is 3.92. The predicted octanol–water partition coefficient (Wildman–Crippen LogP) is 3.31. The first-order valence-electron chi connectivity index (χ1n) is 4.93. The molecule has 0 radical (unpaired) electrons. The number of carbonyl (C=O) groups is 1. The maximum absolute atomic E-state index is 13.6. The van der Waals surface area contributed by atoms with E-state index in [2.05, 4.69) is 0 Å². The Labute approximate surface area is 82.9 Å². The van der Waals surface area contributed by atoms with Crippen molar-refractivity contribution in [3.8, 4) is 0 Å². The monoisotopic (exact) mass is 192 g/mol. The molecule has 2 heteroatoms. The molecule has 1 fully saturated rings. The van der Waals surface area contributed by atoms with Crippen molar-refractivity contribution in [2.24, 2.45) is 5.92 Å². The van der Waals surface area contributed by atoms with Gasteiger partial charge in [-0.1, -0.05) is 24.3 Å². The average Bonchev–Trinajstić information content (AvgIpc) is 3.00. The molecule has 0 saturated heterocycles. The van der Waals surface area contributed by atoms with E-state index in [9.17, 15) is 9.18 Å². The minimum Gasteiger partial charge on any atom is -0.295 e. The molecule has 0 N–H and O–H groups in total. The van der Waals surface area contributed by atoms with Crippen molar-refractivity contribution < 1.29 is 9.18 Å². The number of ketones is 1. The Kier molecular flexibility index (Phi) is 2.36. The van der Waals surface area contributed by atoms with Crippen molar-refractivity contribution in [1.82, 2.24) is 0 Å². The molecule has 0 amide bonds. The topological polar surface area (TPSA) is 17.1 Å². The Morgan fingerprint density at radius 2 is 1.93 bits per heavy atom. The van der Waals surface area contributed by atoms with Crippen LogP contribution in [0.1, 0.15) is 41.9 Å². The van der Waals surface area contributed by atoms with Gasteiger partial charge in [0.15, 0.2) is 5.78 Å². The summed E-state index contributed by atoms with van der Waals surface area (Å²) in [7, 11) is 0. The number of hydrogen-bond donors (Lipinski definition) is 0. The third-order valence-corrected chi connectivity index (χ3v) is 2.67. The Hall–Kier alpha value is -1.18. The maximum Gasteiger partial charge on any atom is 0.159 e. The van der Waals surface area contributed by atoms with Crippen LogP contribution in [0.4, 0.5) is 4.39 Å². The van der Waals surface area contributed by atoms with Gasteiger partial charge in [0.2, 0.25) is 0 Å². The van der Waals surface area contributed by atoms with Crippen molar-refractivity contribution >= 4 is 5.78 Å². The number of rotatable bonds is 3. The molecule has 1 nitrogen and oxygen atoms in total. The summed E-state index contributed by atoms with van der Waals surface area (Å²) in [5.74, 6) is 0.247. The molecule has 1 aliphatic rings. The summed E-state index contributed by atoms with van der Waals surface area (Å²) >= 11 is 0. The predicted molar refractivity (Wildman–Crippen MR) is 53.0 cm³/mol. The minimum absolute atomic E-state index is 0.0263. The van der Waals surface area contributed by atoms with Crippen LogP contribution in [0.5, 0.6) is 0 Å². The highest BCUT2D eigenvalue weighted by molar-refractivity contribution is 5.94. The molecule has 1 aliphatic carbocycles. The normalized spacial score (nSPS) is 17.9. The van der Waals surface area contributed by atoms with Gasteiger partial charge in [0, 0.05) is 5.56 Å². The summed E-state index contributed by atoms with van der Waals surface area (Å²) in [6.07, 6.45) is 1.15. The number of benzene rings is 1. The highest BCUT2D eigenvalue weighted by atomic mass is 19.1. The zero-order valence-electron chi connectivity index (χ0n) is 8.16. The summed E-state index contributed by atoms with van der Waals surface area (Å²) in [4.78, 5) is 11.0. The molecule has 0 spiro atoms. The summed E-state index contributed by atoms with van der Waals surface area (Å²) in [6, 6.07) is 6.85. The van der Waals surface area contributed by atoms with Gasteiger partial charge in [0.1, 0.15) is 6.17 Å². The molecule has 1 aromatic carbocycles. The standard InChI is InChI=1S/C12H13FO/c1-8(14)9-2-4-10(5-3-9)12(13)11-6-7-11/h2-5,11-12H,6-7H2,1H3. The second-order valence-corrected chi connectivity index (χ2v) is 3.92. The first kappa shape index (κ1) is 9.38. The van der Waals surface area contributed by atoms with E-state index in [0.717, 1.165) is 12.8 Å². The molecule has 1 saturated carbocycles. The van der Waals surface area contributed by atoms with E-state index in [1.807, 2.05) is 0 Å². The molecule has 0 heterocycles. The quantitative estimate of drug-likeness (QED) is 0.671. The van der Waals surface area contributed by atoms with Gasteiger partial charge in [0.05, 0.1) is 0 Å². The molecular weight excluding hydrogens is 179 g/mol. The summed E-state index contributed by atoms with van der Waals surface area (Å²) < 4.78 is 13.6. The lowest BCUT2D eigenvalue weighted by Crippen LogP contribution is -1.96. The van der Waals surface area contributed by atoms with Crippen LogP contribution >= 0.6 is 0 Å². The van der Waals surface area contributed by atoms with Gasteiger partial charge in [-0.2, -0.15) is 0 Å². The van der Waals surface area contributed by atoms with Crippen LogP contribution in [-0.2, 0) is 0 Å². The van der Waals surface area contributed by atoms with Crippen LogP contribution in [0.25, 0.3) is 0 Å². The zero-order valence-corrected chi connectivity index (χ0v) is 8.16. The van der Waals surface area contributed by atoms with E-state index in [-0.39, 0.29) is 11.7 Å². The van der Waals surface area contributed by atoms with E-state index < -0.39 is 6.17 Å². The fourth-order valence-electron chi connectivity index (χ4n) is 1.56. The molecule has 0 aliphatic heterocycles. The number of hydrogen-bond acceptors (Lipinski definition) is 1. The van der Waals surface area contributed by atoms with Crippen molar-refractivity contribution in [3.63, 3.8) is 0 Å². The zero-order chi connectivity index (χ0) is 10.1. The molecule has 0 aromatic heterocycles. The Bertz CT molecular complexity index is 338. The summed E-state index contributed by atoms with van der Waals surface area (Å²) in [5, 5.41) is 0. The fraction of sp³-hybridized carbons (Fsp3) is 0.417. The van der Waals surface area contributed by atoms with E-state index in [4.69, 9.17) is 0 Å². The van der Waals surface area contributed by atoms with E-state index in [1.54, 1.807) is 24.3 Å². The van der Waals surface area contributed by atoms with Crippen molar-refractivity contribution in [1.29, 1.82) is 0 Å². The molecule has 1 aromatic rings. The Balaban J connectivity index is 2.16. The molecule has 1 atom stereocenters. The van der Waals surface area contributed by atoms with Crippen molar-refractivity contribution in [2.75, 3.05) is 0 Å². The van der Waals surface area contributed by atoms with Crippen molar-refractivity contribution in [2.45, 2.75) is 25.9 Å². The number of Topliss-reactive ketones (excluding diaryl/α,β-unsaturated/α-hetero) is 1. The van der Waals surface area contributed by atoms with Gasteiger partial charge in [-0.3, -0.25) is 4.79 Å². The van der Waals surface area contributed by atoms with Gasteiger partial charge < -0.3 is 0 Å². The van der Waals surface area contributed by atoms with E-state index >= 15 is 0 Å². The second kappa shape index (κ2) is 3.52. The highest BCUT2D eigenvalue weighted by Crippen LogP contribution is 2.43. The first-order chi connectivity index (χ1) is 6.68. The lowest BCUT2D eigenvalue weighted by Gasteiger charge is -2.06. The van der Waals surface area contributed by atoms with E-state index in [1.165, 1.54) is 6.92 Å². The average molecular weight is 192 g/mol. The Morgan fingerprint density at radius 1 is 1.36 bits per heavy atom.